The maximum Gasteiger partial charge on any atom is 0.316 e. The number of carboxylic acid groups (broad SMARTS) is 1. The number of carbonyl (C=O) groups is 2. The molecule has 1 aliphatic heterocycles. The molecule has 1 heterocycles. The Bertz CT molecular complexity index is 604. The van der Waals surface area contributed by atoms with Crippen LogP contribution in [0.3, 0.4) is 0 Å². The highest BCUT2D eigenvalue weighted by atomic mass is 16.4. The van der Waals surface area contributed by atoms with Crippen LogP contribution in [0, 0.1) is 5.92 Å². The van der Waals surface area contributed by atoms with E-state index in [1.54, 1.807) is 4.90 Å². The van der Waals surface area contributed by atoms with Crippen LogP contribution in [0.1, 0.15) is 23.6 Å². The van der Waals surface area contributed by atoms with Gasteiger partial charge in [-0.05, 0) is 36.5 Å². The third kappa shape index (κ3) is 1.67. The molecule has 0 saturated heterocycles. The van der Waals surface area contributed by atoms with Crippen molar-refractivity contribution in [2.24, 2.45) is 5.92 Å². The first-order valence-electron chi connectivity index (χ1n) is 6.49. The van der Waals surface area contributed by atoms with E-state index in [4.69, 9.17) is 0 Å². The molecule has 1 aliphatic carbocycles. The predicted molar refractivity (Wildman–Crippen MR) is 72.0 cm³/mol. The maximum atomic E-state index is 12.3. The van der Waals surface area contributed by atoms with E-state index in [0.29, 0.717) is 13.0 Å². The van der Waals surface area contributed by atoms with Crippen LogP contribution in [0.5, 0.6) is 0 Å². The van der Waals surface area contributed by atoms with Crippen LogP contribution < -0.4 is 4.90 Å². The van der Waals surface area contributed by atoms with Gasteiger partial charge in [0.05, 0.1) is 5.69 Å². The van der Waals surface area contributed by atoms with Crippen molar-refractivity contribution in [3.63, 3.8) is 0 Å². The Balaban J connectivity index is 2.15. The second kappa shape index (κ2) is 4.23. The van der Waals surface area contributed by atoms with E-state index in [-0.39, 0.29) is 5.91 Å². The van der Waals surface area contributed by atoms with Crippen LogP contribution in [0.2, 0.25) is 0 Å². The molecule has 1 unspecified atom stereocenters. The number of nitrogens with zero attached hydrogens (tertiary/aromatic N) is 1. The zero-order chi connectivity index (χ0) is 13.6. The minimum Gasteiger partial charge on any atom is -0.481 e. The average Bonchev–Trinajstić information content (AvgIpc) is 2.86. The monoisotopic (exact) mass is 257 g/mol. The number of anilines is 1. The maximum absolute atomic E-state index is 12.3. The second-order valence-corrected chi connectivity index (χ2v) is 4.93. The molecule has 0 spiro atoms. The Kier molecular flexibility index (Phi) is 2.66. The van der Waals surface area contributed by atoms with Crippen LogP contribution >= 0.6 is 0 Å². The van der Waals surface area contributed by atoms with Gasteiger partial charge in [0.2, 0.25) is 5.91 Å². The molecule has 0 aromatic heterocycles. The zero-order valence-electron chi connectivity index (χ0n) is 10.7. The van der Waals surface area contributed by atoms with Gasteiger partial charge in [-0.1, -0.05) is 24.3 Å². The van der Waals surface area contributed by atoms with Gasteiger partial charge in [-0.3, -0.25) is 9.59 Å². The van der Waals surface area contributed by atoms with Crippen molar-refractivity contribution >= 4 is 23.6 Å². The van der Waals surface area contributed by atoms with Crippen LogP contribution in [0.25, 0.3) is 6.08 Å². The van der Waals surface area contributed by atoms with Crippen molar-refractivity contribution in [3.05, 3.63) is 34.9 Å². The zero-order valence-corrected chi connectivity index (χ0v) is 10.7. The molecule has 0 radical (unpaired) electrons. The molecular weight excluding hydrogens is 242 g/mol. The Labute approximate surface area is 111 Å². The Morgan fingerprint density at radius 1 is 1.47 bits per heavy atom. The highest BCUT2D eigenvalue weighted by Gasteiger charge is 2.38. The first-order valence-corrected chi connectivity index (χ1v) is 6.49. The van der Waals surface area contributed by atoms with Crippen molar-refractivity contribution in [1.82, 2.24) is 0 Å². The molecule has 1 atom stereocenters. The topological polar surface area (TPSA) is 57.6 Å². The summed E-state index contributed by atoms with van der Waals surface area (Å²) in [5.41, 5.74) is 4.19. The molecule has 4 nitrogen and oxygen atoms in total. The van der Waals surface area contributed by atoms with Crippen LogP contribution in [0.15, 0.2) is 18.2 Å². The summed E-state index contributed by atoms with van der Waals surface area (Å²) in [6, 6.07) is 3.97. The number of hydrogen-bond acceptors (Lipinski definition) is 2. The third-order valence-corrected chi connectivity index (χ3v) is 3.89. The first kappa shape index (κ1) is 12.0. The molecule has 4 heteroatoms. The SMILES string of the molecule is CCN1C(=O)C(C(=O)O)Cc2ccc3c(c21)CC=C3. The first-order chi connectivity index (χ1) is 9.13. The predicted octanol–water partition coefficient (Wildman–Crippen LogP) is 1.87. The van der Waals surface area contributed by atoms with E-state index in [1.807, 2.05) is 19.1 Å². The molecule has 0 saturated carbocycles. The standard InChI is InChI=1S/C15H15NO3/c1-2-16-13-10(8-12(14(16)17)15(18)19)7-6-9-4-3-5-11(9)13/h3-4,6-7,12H,2,5,8H2,1H3,(H,18,19). The summed E-state index contributed by atoms with van der Waals surface area (Å²) in [5, 5.41) is 9.18. The van der Waals surface area contributed by atoms with Crippen LogP contribution in [0.4, 0.5) is 5.69 Å². The van der Waals surface area contributed by atoms with Gasteiger partial charge in [0.15, 0.2) is 0 Å². The average molecular weight is 257 g/mol. The van der Waals surface area contributed by atoms with Gasteiger partial charge in [-0.15, -0.1) is 0 Å². The molecule has 1 aromatic carbocycles. The quantitative estimate of drug-likeness (QED) is 0.823. The second-order valence-electron chi connectivity index (χ2n) is 4.93. The van der Waals surface area contributed by atoms with Gasteiger partial charge in [0.1, 0.15) is 5.92 Å². The normalized spacial score (nSPS) is 20.4. The van der Waals surface area contributed by atoms with E-state index in [0.717, 1.165) is 28.8 Å². The summed E-state index contributed by atoms with van der Waals surface area (Å²) in [4.78, 5) is 25.1. The molecule has 2 aliphatic rings. The molecule has 1 N–H and O–H groups in total. The number of amides is 1. The summed E-state index contributed by atoms with van der Waals surface area (Å²) in [6.07, 6.45) is 5.25. The number of rotatable bonds is 2. The van der Waals surface area contributed by atoms with Crippen molar-refractivity contribution < 1.29 is 14.7 Å². The Hall–Kier alpha value is -2.10. The fourth-order valence-corrected chi connectivity index (χ4v) is 2.99. The lowest BCUT2D eigenvalue weighted by molar-refractivity contribution is -0.146. The lowest BCUT2D eigenvalue weighted by Gasteiger charge is -2.33. The van der Waals surface area contributed by atoms with Gasteiger partial charge in [-0.25, -0.2) is 0 Å². The third-order valence-electron chi connectivity index (χ3n) is 3.89. The van der Waals surface area contributed by atoms with Crippen molar-refractivity contribution in [2.45, 2.75) is 19.8 Å². The number of hydrogen-bond donors (Lipinski definition) is 1. The summed E-state index contributed by atoms with van der Waals surface area (Å²) in [7, 11) is 0. The summed E-state index contributed by atoms with van der Waals surface area (Å²) < 4.78 is 0. The number of carboxylic acids is 1. The van der Waals surface area contributed by atoms with Gasteiger partial charge < -0.3 is 10.0 Å². The molecule has 0 fully saturated rings. The Morgan fingerprint density at radius 3 is 2.95 bits per heavy atom. The molecular formula is C15H15NO3. The number of fused-ring (bicyclic) bond motifs is 3. The summed E-state index contributed by atoms with van der Waals surface area (Å²) in [5.74, 6) is -2.27. The van der Waals surface area contributed by atoms with Gasteiger partial charge in [0, 0.05) is 6.54 Å². The van der Waals surface area contributed by atoms with E-state index in [9.17, 15) is 14.7 Å². The minimum absolute atomic E-state index is 0.289. The summed E-state index contributed by atoms with van der Waals surface area (Å²) >= 11 is 0. The van der Waals surface area contributed by atoms with Gasteiger partial charge in [0.25, 0.3) is 0 Å². The van der Waals surface area contributed by atoms with E-state index in [1.165, 1.54) is 0 Å². The largest absolute Gasteiger partial charge is 0.481 e. The van der Waals surface area contributed by atoms with Crippen molar-refractivity contribution in [1.29, 1.82) is 0 Å². The smallest absolute Gasteiger partial charge is 0.316 e. The highest BCUT2D eigenvalue weighted by molar-refractivity contribution is 6.08. The molecule has 1 amide bonds. The van der Waals surface area contributed by atoms with E-state index in [2.05, 4.69) is 12.2 Å². The number of benzene rings is 1. The minimum atomic E-state index is -1.03. The van der Waals surface area contributed by atoms with Crippen LogP contribution in [-0.4, -0.2) is 23.5 Å². The molecule has 1 aromatic rings. The highest BCUT2D eigenvalue weighted by Crippen LogP contribution is 2.38. The number of allylic oxidation sites excluding steroid dienone is 1. The van der Waals surface area contributed by atoms with Gasteiger partial charge in [-0.2, -0.15) is 0 Å². The lowest BCUT2D eigenvalue weighted by atomic mass is 9.88. The van der Waals surface area contributed by atoms with E-state index >= 15 is 0 Å². The van der Waals surface area contributed by atoms with Crippen molar-refractivity contribution in [3.8, 4) is 0 Å². The van der Waals surface area contributed by atoms with Crippen LogP contribution in [-0.2, 0) is 22.4 Å². The fourth-order valence-electron chi connectivity index (χ4n) is 2.99. The fraction of sp³-hybridized carbons (Fsp3) is 0.333. The number of carbonyl (C=O) groups excluding carboxylic acids is 1. The molecule has 0 bridgehead atoms. The molecule has 3 rings (SSSR count). The van der Waals surface area contributed by atoms with Gasteiger partial charge >= 0.3 is 5.97 Å². The summed E-state index contributed by atoms with van der Waals surface area (Å²) in [6.45, 7) is 2.39. The molecule has 19 heavy (non-hydrogen) atoms. The Morgan fingerprint density at radius 2 is 2.26 bits per heavy atom. The lowest BCUT2D eigenvalue weighted by Crippen LogP contribution is -2.45. The van der Waals surface area contributed by atoms with E-state index < -0.39 is 11.9 Å². The van der Waals surface area contributed by atoms with Crippen molar-refractivity contribution in [2.75, 3.05) is 11.4 Å². The number of aliphatic carboxylic acids is 1. The molecule has 98 valence electrons.